The zero-order valence-electron chi connectivity index (χ0n) is 12.7. The Morgan fingerprint density at radius 2 is 2.15 bits per heavy atom. The summed E-state index contributed by atoms with van der Waals surface area (Å²) < 4.78 is 6.34. The molecule has 0 spiro atoms. The Bertz CT molecular complexity index is 421. The number of nitrogens with zero attached hydrogens (tertiary/aromatic N) is 1. The van der Waals surface area contributed by atoms with E-state index >= 15 is 0 Å². The molecule has 0 bridgehead atoms. The topological polar surface area (TPSA) is 12.5 Å². The van der Waals surface area contributed by atoms with Crippen LogP contribution in [0.3, 0.4) is 0 Å². The molecule has 1 saturated heterocycles. The molecule has 112 valence electrons. The van der Waals surface area contributed by atoms with E-state index in [0.717, 1.165) is 22.7 Å². The van der Waals surface area contributed by atoms with Crippen molar-refractivity contribution in [3.8, 4) is 5.75 Å². The van der Waals surface area contributed by atoms with Gasteiger partial charge >= 0.3 is 0 Å². The maximum absolute atomic E-state index is 5.29. The zero-order chi connectivity index (χ0) is 14.4. The first-order valence-corrected chi connectivity index (χ1v) is 8.57. The van der Waals surface area contributed by atoms with Gasteiger partial charge in [-0.1, -0.05) is 25.8 Å². The minimum absolute atomic E-state index is 0.910. The second-order valence-corrected chi connectivity index (χ2v) is 6.68. The van der Waals surface area contributed by atoms with Gasteiger partial charge in [0.05, 0.1) is 11.6 Å². The smallest absolute Gasteiger partial charge is 0.133 e. The van der Waals surface area contributed by atoms with Gasteiger partial charge in [0.1, 0.15) is 5.75 Å². The molecule has 1 aromatic carbocycles. The van der Waals surface area contributed by atoms with Crippen LogP contribution in [0, 0.1) is 5.92 Å². The Balaban J connectivity index is 1.91. The Hall–Kier alpha value is -0.540. The summed E-state index contributed by atoms with van der Waals surface area (Å²) in [5.74, 6) is 1.86. The molecule has 1 aromatic rings. The lowest BCUT2D eigenvalue weighted by molar-refractivity contribution is 0.271. The van der Waals surface area contributed by atoms with E-state index in [9.17, 15) is 0 Å². The largest absolute Gasteiger partial charge is 0.496 e. The van der Waals surface area contributed by atoms with Crippen molar-refractivity contribution in [1.82, 2.24) is 4.90 Å². The highest BCUT2D eigenvalue weighted by Gasteiger charge is 2.16. The van der Waals surface area contributed by atoms with Gasteiger partial charge in [0, 0.05) is 6.54 Å². The van der Waals surface area contributed by atoms with Crippen LogP contribution in [0.25, 0.3) is 0 Å². The lowest BCUT2D eigenvalue weighted by atomic mass is 9.96. The van der Waals surface area contributed by atoms with E-state index in [2.05, 4.69) is 46.0 Å². The van der Waals surface area contributed by atoms with Crippen molar-refractivity contribution in [2.45, 2.75) is 45.6 Å². The third kappa shape index (κ3) is 4.49. The average molecular weight is 340 g/mol. The van der Waals surface area contributed by atoms with Crippen LogP contribution in [0.4, 0.5) is 0 Å². The number of likely N-dealkylation sites (tertiary alicyclic amines) is 1. The van der Waals surface area contributed by atoms with Gasteiger partial charge in [-0.15, -0.1) is 0 Å². The molecule has 0 amide bonds. The molecule has 3 heteroatoms. The van der Waals surface area contributed by atoms with Crippen LogP contribution in [-0.2, 0) is 6.54 Å². The molecule has 20 heavy (non-hydrogen) atoms. The van der Waals surface area contributed by atoms with Gasteiger partial charge in [0.15, 0.2) is 0 Å². The van der Waals surface area contributed by atoms with E-state index in [1.54, 1.807) is 7.11 Å². The number of ether oxygens (including phenoxy) is 1. The predicted molar refractivity (Wildman–Crippen MR) is 88.2 cm³/mol. The van der Waals surface area contributed by atoms with E-state index in [0.29, 0.717) is 0 Å². The van der Waals surface area contributed by atoms with Gasteiger partial charge in [-0.05, 0) is 71.9 Å². The molecule has 0 N–H and O–H groups in total. The van der Waals surface area contributed by atoms with Crippen LogP contribution >= 0.6 is 15.9 Å². The van der Waals surface area contributed by atoms with Crippen molar-refractivity contribution < 1.29 is 4.74 Å². The lowest BCUT2D eigenvalue weighted by Crippen LogP contribution is -2.24. The van der Waals surface area contributed by atoms with Crippen LogP contribution in [0.1, 0.15) is 44.6 Å². The Kier molecular flexibility index (Phi) is 6.37. The minimum atomic E-state index is 0.910. The highest BCUT2D eigenvalue weighted by Crippen LogP contribution is 2.27. The van der Waals surface area contributed by atoms with Crippen molar-refractivity contribution in [3.63, 3.8) is 0 Å². The molecule has 0 saturated carbocycles. The van der Waals surface area contributed by atoms with Gasteiger partial charge in [-0.25, -0.2) is 0 Å². The minimum Gasteiger partial charge on any atom is -0.496 e. The molecule has 1 aliphatic heterocycles. The second-order valence-electron chi connectivity index (χ2n) is 5.83. The van der Waals surface area contributed by atoms with E-state index in [1.165, 1.54) is 50.8 Å². The van der Waals surface area contributed by atoms with Crippen LogP contribution in [0.15, 0.2) is 22.7 Å². The van der Waals surface area contributed by atoms with E-state index in [-0.39, 0.29) is 0 Å². The molecule has 1 fully saturated rings. The molecular weight excluding hydrogens is 314 g/mol. The third-order valence-corrected chi connectivity index (χ3v) is 4.88. The Morgan fingerprint density at radius 3 is 2.85 bits per heavy atom. The second kappa shape index (κ2) is 8.04. The van der Waals surface area contributed by atoms with Crippen molar-refractivity contribution in [3.05, 3.63) is 28.2 Å². The maximum Gasteiger partial charge on any atom is 0.133 e. The van der Waals surface area contributed by atoms with Crippen molar-refractivity contribution in [2.75, 3.05) is 20.2 Å². The van der Waals surface area contributed by atoms with Gasteiger partial charge < -0.3 is 4.74 Å². The first kappa shape index (κ1) is 15.8. The molecule has 0 aromatic heterocycles. The van der Waals surface area contributed by atoms with Crippen molar-refractivity contribution in [1.29, 1.82) is 0 Å². The zero-order valence-corrected chi connectivity index (χ0v) is 14.3. The summed E-state index contributed by atoms with van der Waals surface area (Å²) in [6.07, 6.45) is 6.86. The molecule has 0 aliphatic carbocycles. The van der Waals surface area contributed by atoms with Gasteiger partial charge in [-0.2, -0.15) is 0 Å². The lowest BCUT2D eigenvalue weighted by Gasteiger charge is -2.20. The molecule has 1 heterocycles. The molecule has 0 radical (unpaired) electrons. The molecule has 1 unspecified atom stereocenters. The predicted octanol–water partition coefficient (Wildman–Crippen LogP) is 4.86. The highest BCUT2D eigenvalue weighted by atomic mass is 79.9. The summed E-state index contributed by atoms with van der Waals surface area (Å²) in [6.45, 7) is 5.84. The molecule has 2 nitrogen and oxygen atoms in total. The summed E-state index contributed by atoms with van der Waals surface area (Å²) >= 11 is 3.57. The Labute approximate surface area is 131 Å². The van der Waals surface area contributed by atoms with E-state index in [1.807, 2.05) is 0 Å². The fourth-order valence-electron chi connectivity index (χ4n) is 3.15. The van der Waals surface area contributed by atoms with Gasteiger partial charge in [0.2, 0.25) is 0 Å². The summed E-state index contributed by atoms with van der Waals surface area (Å²) in [6, 6.07) is 6.42. The molecule has 1 aliphatic rings. The number of benzene rings is 1. The molecule has 2 rings (SSSR count). The number of hydrogen-bond acceptors (Lipinski definition) is 2. The first-order valence-electron chi connectivity index (χ1n) is 7.77. The van der Waals surface area contributed by atoms with E-state index in [4.69, 9.17) is 4.74 Å². The standard InChI is InChI=1S/C17H26BrNO/c1-3-5-14-6-4-10-19(11-9-14)13-15-7-8-17(20-2)16(18)12-15/h7-8,12,14H,3-6,9-11,13H2,1-2H3. The van der Waals surface area contributed by atoms with Crippen LogP contribution in [0.5, 0.6) is 5.75 Å². The number of methoxy groups -OCH3 is 1. The fourth-order valence-corrected chi connectivity index (χ4v) is 3.73. The van der Waals surface area contributed by atoms with Gasteiger partial charge in [0.25, 0.3) is 0 Å². The number of rotatable bonds is 5. The third-order valence-electron chi connectivity index (χ3n) is 4.26. The normalized spacial score (nSPS) is 20.6. The summed E-state index contributed by atoms with van der Waals surface area (Å²) in [5, 5.41) is 0. The summed E-state index contributed by atoms with van der Waals surface area (Å²) in [4.78, 5) is 2.60. The highest BCUT2D eigenvalue weighted by molar-refractivity contribution is 9.10. The van der Waals surface area contributed by atoms with Crippen molar-refractivity contribution >= 4 is 15.9 Å². The van der Waals surface area contributed by atoms with Gasteiger partial charge in [-0.3, -0.25) is 4.90 Å². The summed E-state index contributed by atoms with van der Waals surface area (Å²) in [5.41, 5.74) is 1.37. The Morgan fingerprint density at radius 1 is 1.30 bits per heavy atom. The number of hydrogen-bond donors (Lipinski definition) is 0. The monoisotopic (exact) mass is 339 g/mol. The first-order chi connectivity index (χ1) is 9.72. The maximum atomic E-state index is 5.29. The molecule has 1 atom stereocenters. The fraction of sp³-hybridized carbons (Fsp3) is 0.647. The van der Waals surface area contributed by atoms with Crippen LogP contribution in [-0.4, -0.2) is 25.1 Å². The quantitative estimate of drug-likeness (QED) is 0.759. The van der Waals surface area contributed by atoms with Crippen molar-refractivity contribution in [2.24, 2.45) is 5.92 Å². The molecular formula is C17H26BrNO. The average Bonchev–Trinajstić information content (AvgIpc) is 2.65. The number of halogens is 1. The van der Waals surface area contributed by atoms with E-state index < -0.39 is 0 Å². The summed E-state index contributed by atoms with van der Waals surface area (Å²) in [7, 11) is 1.71. The SMILES string of the molecule is CCCC1CCCN(Cc2ccc(OC)c(Br)c2)CC1. The van der Waals surface area contributed by atoms with Crippen LogP contribution < -0.4 is 4.74 Å². The van der Waals surface area contributed by atoms with Crippen LogP contribution in [0.2, 0.25) is 0 Å².